The molecule has 0 bridgehead atoms. The van der Waals surface area contributed by atoms with E-state index >= 15 is 0 Å². The van der Waals surface area contributed by atoms with Crippen molar-refractivity contribution in [3.63, 3.8) is 0 Å². The van der Waals surface area contributed by atoms with E-state index in [1.807, 2.05) is 19.6 Å². The van der Waals surface area contributed by atoms with Gasteiger partial charge in [-0.2, -0.15) is 0 Å². The largest absolute Gasteiger partial charge is 0.494 e. The van der Waals surface area contributed by atoms with E-state index in [2.05, 4.69) is 6.92 Å². The second-order valence-electron chi connectivity index (χ2n) is 4.37. The maximum atomic E-state index is 11.1. The summed E-state index contributed by atoms with van der Waals surface area (Å²) in [5.41, 5.74) is 0. The van der Waals surface area contributed by atoms with E-state index in [9.17, 15) is 4.79 Å². The minimum atomic E-state index is -1.77. The van der Waals surface area contributed by atoms with Gasteiger partial charge in [-0.05, 0) is 26.1 Å². The highest BCUT2D eigenvalue weighted by Crippen LogP contribution is 2.05. The molecule has 4 heteroatoms. The Bertz CT molecular complexity index is 163. The van der Waals surface area contributed by atoms with Crippen molar-refractivity contribution in [3.8, 4) is 0 Å². The summed E-state index contributed by atoms with van der Waals surface area (Å²) in [5.74, 6) is 0. The van der Waals surface area contributed by atoms with Gasteiger partial charge in [0.15, 0.2) is 0 Å². The van der Waals surface area contributed by atoms with E-state index in [-0.39, 0.29) is 0 Å². The zero-order valence-corrected chi connectivity index (χ0v) is 10.8. The molecule has 0 amide bonds. The van der Waals surface area contributed by atoms with Crippen molar-refractivity contribution in [2.24, 2.45) is 0 Å². The first-order valence-corrected chi connectivity index (χ1v) is 8.72. The van der Waals surface area contributed by atoms with Gasteiger partial charge in [0.25, 0.3) is 8.32 Å². The first-order chi connectivity index (χ1) is 6.45. The lowest BCUT2D eigenvalue weighted by atomic mass is 10.2. The van der Waals surface area contributed by atoms with E-state index in [4.69, 9.17) is 9.16 Å². The fraction of sp³-hybridized carbons (Fsp3) is 0.900. The second-order valence-corrected chi connectivity index (χ2v) is 8.80. The van der Waals surface area contributed by atoms with Gasteiger partial charge in [-0.15, -0.1) is 0 Å². The number of ether oxygens (including phenoxy) is 1. The summed E-state index contributed by atoms with van der Waals surface area (Å²) >= 11 is 0. The van der Waals surface area contributed by atoms with Gasteiger partial charge < -0.3 is 9.16 Å². The van der Waals surface area contributed by atoms with Crippen LogP contribution in [0.2, 0.25) is 19.6 Å². The molecule has 0 fully saturated rings. The molecule has 0 radical (unpaired) electrons. The van der Waals surface area contributed by atoms with Gasteiger partial charge in [-0.25, -0.2) is 4.79 Å². The molecule has 0 saturated heterocycles. The third-order valence-corrected chi connectivity index (χ3v) is 2.39. The maximum Gasteiger partial charge on any atom is 0.494 e. The Hall–Kier alpha value is -0.513. The number of unbranched alkanes of at least 4 members (excludes halogenated alkanes) is 3. The molecular formula is C10H22O3Si. The van der Waals surface area contributed by atoms with Gasteiger partial charge in [0.05, 0.1) is 6.61 Å². The van der Waals surface area contributed by atoms with Gasteiger partial charge in [0, 0.05) is 0 Å². The molecule has 14 heavy (non-hydrogen) atoms. The summed E-state index contributed by atoms with van der Waals surface area (Å²) in [6, 6.07) is 0. The second kappa shape index (κ2) is 6.87. The topological polar surface area (TPSA) is 35.5 Å². The van der Waals surface area contributed by atoms with Crippen LogP contribution in [-0.2, 0) is 9.16 Å². The summed E-state index contributed by atoms with van der Waals surface area (Å²) in [4.78, 5) is 11.1. The van der Waals surface area contributed by atoms with E-state index < -0.39 is 14.5 Å². The summed E-state index contributed by atoms with van der Waals surface area (Å²) in [7, 11) is -1.77. The third-order valence-electron chi connectivity index (χ3n) is 1.61. The molecule has 0 unspecified atom stereocenters. The number of hydrogen-bond acceptors (Lipinski definition) is 3. The van der Waals surface area contributed by atoms with E-state index in [0.29, 0.717) is 6.61 Å². The fourth-order valence-corrected chi connectivity index (χ4v) is 1.52. The van der Waals surface area contributed by atoms with Gasteiger partial charge in [0.2, 0.25) is 0 Å². The zero-order valence-electron chi connectivity index (χ0n) is 9.76. The van der Waals surface area contributed by atoms with Crippen LogP contribution in [0.1, 0.15) is 32.6 Å². The summed E-state index contributed by atoms with van der Waals surface area (Å²) < 4.78 is 10.1. The van der Waals surface area contributed by atoms with Crippen molar-refractivity contribution in [3.05, 3.63) is 0 Å². The standard InChI is InChI=1S/C10H22O3Si/c1-5-6-7-8-9-12-10(11)13-14(2,3)4/h5-9H2,1-4H3. The van der Waals surface area contributed by atoms with Crippen LogP contribution in [0.25, 0.3) is 0 Å². The molecule has 0 aromatic heterocycles. The number of rotatable bonds is 6. The predicted octanol–water partition coefficient (Wildman–Crippen LogP) is 3.55. The highest BCUT2D eigenvalue weighted by atomic mass is 28.4. The zero-order chi connectivity index (χ0) is 11.0. The van der Waals surface area contributed by atoms with Crippen molar-refractivity contribution < 1.29 is 14.0 Å². The monoisotopic (exact) mass is 218 g/mol. The van der Waals surface area contributed by atoms with E-state index in [1.165, 1.54) is 12.8 Å². The molecule has 0 rings (SSSR count). The van der Waals surface area contributed by atoms with Crippen molar-refractivity contribution in [2.45, 2.75) is 52.2 Å². The quantitative estimate of drug-likeness (QED) is 0.388. The molecule has 0 aromatic rings. The molecule has 0 saturated carbocycles. The third kappa shape index (κ3) is 9.57. The molecule has 0 N–H and O–H groups in total. The highest BCUT2D eigenvalue weighted by molar-refractivity contribution is 6.71. The molecule has 0 aliphatic carbocycles. The van der Waals surface area contributed by atoms with Crippen LogP contribution >= 0.6 is 0 Å². The average Bonchev–Trinajstić information content (AvgIpc) is 2.00. The van der Waals surface area contributed by atoms with E-state index in [1.54, 1.807) is 0 Å². The molecule has 0 aromatic carbocycles. The first kappa shape index (κ1) is 13.5. The SMILES string of the molecule is CCCCCCOC(=O)O[Si](C)(C)C. The Morgan fingerprint density at radius 1 is 1.14 bits per heavy atom. The lowest BCUT2D eigenvalue weighted by molar-refractivity contribution is 0.0953. The number of hydrogen-bond donors (Lipinski definition) is 0. The fourth-order valence-electron chi connectivity index (χ4n) is 0.964. The highest BCUT2D eigenvalue weighted by Gasteiger charge is 2.20. The molecule has 3 nitrogen and oxygen atoms in total. The summed E-state index contributed by atoms with van der Waals surface area (Å²) in [5, 5.41) is 0. The Morgan fingerprint density at radius 2 is 1.79 bits per heavy atom. The molecule has 0 aliphatic rings. The Labute approximate surface area is 87.9 Å². The lowest BCUT2D eigenvalue weighted by Gasteiger charge is -2.16. The molecular weight excluding hydrogens is 196 g/mol. The minimum Gasteiger partial charge on any atom is -0.490 e. The Morgan fingerprint density at radius 3 is 2.29 bits per heavy atom. The van der Waals surface area contributed by atoms with Crippen molar-refractivity contribution in [1.29, 1.82) is 0 Å². The first-order valence-electron chi connectivity index (χ1n) is 5.31. The van der Waals surface area contributed by atoms with Crippen LogP contribution in [0.15, 0.2) is 0 Å². The Kier molecular flexibility index (Phi) is 6.62. The van der Waals surface area contributed by atoms with Crippen molar-refractivity contribution >= 4 is 14.5 Å². The molecule has 0 heterocycles. The smallest absolute Gasteiger partial charge is 0.490 e. The van der Waals surface area contributed by atoms with Gasteiger partial charge >= 0.3 is 6.16 Å². The maximum absolute atomic E-state index is 11.1. The summed E-state index contributed by atoms with van der Waals surface area (Å²) in [6.07, 6.45) is 3.96. The molecule has 0 aliphatic heterocycles. The average molecular weight is 218 g/mol. The van der Waals surface area contributed by atoms with Crippen molar-refractivity contribution in [2.75, 3.05) is 6.61 Å². The van der Waals surface area contributed by atoms with E-state index in [0.717, 1.165) is 12.8 Å². The minimum absolute atomic E-state index is 0.489. The van der Waals surface area contributed by atoms with Crippen LogP contribution in [0.4, 0.5) is 4.79 Å². The van der Waals surface area contributed by atoms with Crippen LogP contribution in [-0.4, -0.2) is 21.1 Å². The van der Waals surface area contributed by atoms with Crippen LogP contribution < -0.4 is 0 Å². The van der Waals surface area contributed by atoms with Crippen LogP contribution in [0, 0.1) is 0 Å². The van der Waals surface area contributed by atoms with Crippen molar-refractivity contribution in [1.82, 2.24) is 0 Å². The van der Waals surface area contributed by atoms with Crippen LogP contribution in [0.5, 0.6) is 0 Å². The summed E-state index contributed by atoms with van der Waals surface area (Å²) in [6.45, 7) is 8.53. The number of carbonyl (C=O) groups is 1. The Balaban J connectivity index is 3.36. The predicted molar refractivity (Wildman–Crippen MR) is 59.9 cm³/mol. The van der Waals surface area contributed by atoms with Gasteiger partial charge in [-0.1, -0.05) is 26.2 Å². The van der Waals surface area contributed by atoms with Gasteiger partial charge in [0.1, 0.15) is 0 Å². The van der Waals surface area contributed by atoms with Crippen LogP contribution in [0.3, 0.4) is 0 Å². The van der Waals surface area contributed by atoms with Gasteiger partial charge in [-0.3, -0.25) is 0 Å². The normalized spacial score (nSPS) is 11.1. The molecule has 0 spiro atoms. The molecule has 84 valence electrons. The lowest BCUT2D eigenvalue weighted by Crippen LogP contribution is -2.29. The number of carbonyl (C=O) groups excluding carboxylic acids is 1. The molecule has 0 atom stereocenters.